The van der Waals surface area contributed by atoms with Crippen LogP contribution in [-0.2, 0) is 14.8 Å². The van der Waals surface area contributed by atoms with E-state index in [0.717, 1.165) is 24.2 Å². The second-order valence-electron chi connectivity index (χ2n) is 6.80. The van der Waals surface area contributed by atoms with E-state index in [1.54, 1.807) is 26.0 Å². The van der Waals surface area contributed by atoms with Crippen LogP contribution in [0.4, 0.5) is 0 Å². The molecule has 27 heavy (non-hydrogen) atoms. The van der Waals surface area contributed by atoms with Gasteiger partial charge in [0.05, 0.1) is 13.2 Å². The maximum absolute atomic E-state index is 12.5. The molecular formula is C21H29NO4S. The molecule has 0 saturated heterocycles. The topological polar surface area (TPSA) is 64.6 Å². The van der Waals surface area contributed by atoms with E-state index in [1.165, 1.54) is 0 Å². The number of benzene rings is 2. The molecule has 0 aliphatic rings. The molecule has 0 saturated carbocycles. The van der Waals surface area contributed by atoms with Crippen molar-refractivity contribution in [1.29, 1.82) is 0 Å². The van der Waals surface area contributed by atoms with Crippen LogP contribution in [0, 0.1) is 0 Å². The molecule has 2 rings (SSSR count). The van der Waals surface area contributed by atoms with E-state index >= 15 is 0 Å². The Bertz CT molecular complexity index is 787. The Morgan fingerprint density at radius 3 is 2.00 bits per heavy atom. The number of rotatable bonds is 11. The van der Waals surface area contributed by atoms with E-state index in [9.17, 15) is 8.42 Å². The minimum absolute atomic E-state index is 0.442. The maximum Gasteiger partial charge on any atom is 0.221 e. The zero-order valence-electron chi connectivity index (χ0n) is 16.3. The average Bonchev–Trinajstić information content (AvgIpc) is 2.67. The Morgan fingerprint density at radius 2 is 1.44 bits per heavy atom. The van der Waals surface area contributed by atoms with Crippen molar-refractivity contribution in [3.8, 4) is 11.5 Å². The molecule has 5 nitrogen and oxygen atoms in total. The lowest BCUT2D eigenvalue weighted by molar-refractivity contribution is 0.247. The summed E-state index contributed by atoms with van der Waals surface area (Å²) < 4.78 is 38.0. The van der Waals surface area contributed by atoms with Gasteiger partial charge in [0.1, 0.15) is 16.2 Å². The van der Waals surface area contributed by atoms with Crippen molar-refractivity contribution in [2.45, 2.75) is 38.4 Å². The van der Waals surface area contributed by atoms with E-state index in [2.05, 4.69) is 4.72 Å². The van der Waals surface area contributed by atoms with E-state index < -0.39 is 14.8 Å². The van der Waals surface area contributed by atoms with Crippen LogP contribution < -0.4 is 14.2 Å². The van der Waals surface area contributed by atoms with Crippen LogP contribution in [0.3, 0.4) is 0 Å². The fourth-order valence-corrected chi connectivity index (χ4v) is 3.76. The van der Waals surface area contributed by atoms with Gasteiger partial charge in [0, 0.05) is 13.0 Å². The van der Waals surface area contributed by atoms with Gasteiger partial charge >= 0.3 is 0 Å². The normalized spacial score (nSPS) is 12.0. The molecule has 0 unspecified atom stereocenters. The quantitative estimate of drug-likeness (QED) is 0.586. The van der Waals surface area contributed by atoms with Crippen LogP contribution in [0.5, 0.6) is 11.5 Å². The predicted molar refractivity (Wildman–Crippen MR) is 109 cm³/mol. The number of hydrogen-bond acceptors (Lipinski definition) is 4. The Morgan fingerprint density at radius 1 is 0.889 bits per heavy atom. The molecule has 148 valence electrons. The third-order valence-corrected chi connectivity index (χ3v) is 6.50. The van der Waals surface area contributed by atoms with Crippen molar-refractivity contribution in [2.75, 3.05) is 19.8 Å². The van der Waals surface area contributed by atoms with Gasteiger partial charge in [-0.25, -0.2) is 13.1 Å². The largest absolute Gasteiger partial charge is 0.493 e. The molecule has 0 aromatic heterocycles. The van der Waals surface area contributed by atoms with Crippen molar-refractivity contribution >= 4 is 10.0 Å². The van der Waals surface area contributed by atoms with Crippen molar-refractivity contribution in [1.82, 2.24) is 4.72 Å². The third-order valence-electron chi connectivity index (χ3n) is 4.33. The van der Waals surface area contributed by atoms with Gasteiger partial charge in [-0.2, -0.15) is 0 Å². The lowest BCUT2D eigenvalue weighted by atomic mass is 10.0. The zero-order valence-corrected chi connectivity index (χ0v) is 17.1. The molecule has 0 radical (unpaired) electrons. The monoisotopic (exact) mass is 391 g/mol. The first-order valence-corrected chi connectivity index (χ1v) is 10.8. The molecule has 2 aromatic carbocycles. The Balaban J connectivity index is 1.84. The van der Waals surface area contributed by atoms with Gasteiger partial charge in [-0.05, 0) is 50.1 Å². The molecule has 0 amide bonds. The van der Waals surface area contributed by atoms with Crippen LogP contribution in [0.15, 0.2) is 54.6 Å². The fraction of sp³-hybridized carbons (Fsp3) is 0.429. The van der Waals surface area contributed by atoms with Crippen molar-refractivity contribution < 1.29 is 17.9 Å². The van der Waals surface area contributed by atoms with Crippen LogP contribution >= 0.6 is 0 Å². The summed E-state index contributed by atoms with van der Waals surface area (Å²) in [6.07, 6.45) is 1.52. The minimum Gasteiger partial charge on any atom is -0.493 e. The molecule has 0 spiro atoms. The van der Waals surface area contributed by atoms with Crippen molar-refractivity contribution in [3.05, 3.63) is 60.2 Å². The summed E-state index contributed by atoms with van der Waals surface area (Å²) in [5, 5.41) is 0. The van der Waals surface area contributed by atoms with Crippen LogP contribution in [-0.4, -0.2) is 28.2 Å². The minimum atomic E-state index is -3.45. The average molecular weight is 392 g/mol. The molecule has 0 heterocycles. The second-order valence-corrected chi connectivity index (χ2v) is 9.11. The summed E-state index contributed by atoms with van der Waals surface area (Å²) in [6.45, 7) is 6.91. The molecule has 0 atom stereocenters. The lowest BCUT2D eigenvalue weighted by Gasteiger charge is -2.25. The first-order chi connectivity index (χ1) is 12.9. The van der Waals surface area contributed by atoms with Crippen molar-refractivity contribution in [2.24, 2.45) is 0 Å². The van der Waals surface area contributed by atoms with Gasteiger partial charge in [-0.15, -0.1) is 0 Å². The van der Waals surface area contributed by atoms with Gasteiger partial charge in [-0.1, -0.05) is 37.3 Å². The molecular weight excluding hydrogens is 362 g/mol. The summed E-state index contributed by atoms with van der Waals surface area (Å²) in [6, 6.07) is 16.9. The fourth-order valence-electron chi connectivity index (χ4n) is 2.48. The summed E-state index contributed by atoms with van der Waals surface area (Å²) >= 11 is 0. The van der Waals surface area contributed by atoms with Crippen molar-refractivity contribution in [3.63, 3.8) is 0 Å². The Labute approximate surface area is 162 Å². The second kappa shape index (κ2) is 9.76. The molecule has 6 heteroatoms. The van der Waals surface area contributed by atoms with Gasteiger partial charge in [-0.3, -0.25) is 0 Å². The van der Waals surface area contributed by atoms with E-state index in [1.807, 2.05) is 49.4 Å². The van der Waals surface area contributed by atoms with Gasteiger partial charge in [0.25, 0.3) is 0 Å². The Hall–Kier alpha value is -2.05. The summed E-state index contributed by atoms with van der Waals surface area (Å²) in [4.78, 5) is 0. The first-order valence-electron chi connectivity index (χ1n) is 9.27. The van der Waals surface area contributed by atoms with Crippen LogP contribution in [0.1, 0.15) is 39.2 Å². The first kappa shape index (κ1) is 21.3. The van der Waals surface area contributed by atoms with Gasteiger partial charge in [0.15, 0.2) is 0 Å². The standard InChI is InChI=1S/C21H29NO4S/c1-4-15-22-27(23,24)21(2,3)18-11-13-20(14-12-18)26-17-8-16-25-19-9-6-5-7-10-19/h5-7,9-14,22H,4,8,15-17H2,1-3H3. The summed E-state index contributed by atoms with van der Waals surface area (Å²) in [5.41, 5.74) is 0.728. The highest BCUT2D eigenvalue weighted by atomic mass is 32.2. The summed E-state index contributed by atoms with van der Waals surface area (Å²) in [5.74, 6) is 1.56. The highest BCUT2D eigenvalue weighted by Gasteiger charge is 2.35. The highest BCUT2D eigenvalue weighted by molar-refractivity contribution is 7.90. The molecule has 1 N–H and O–H groups in total. The number of sulfonamides is 1. The SMILES string of the molecule is CCCNS(=O)(=O)C(C)(C)c1ccc(OCCCOc2ccccc2)cc1. The summed E-state index contributed by atoms with van der Waals surface area (Å²) in [7, 11) is -3.45. The smallest absolute Gasteiger partial charge is 0.221 e. The number of para-hydroxylation sites is 1. The van der Waals surface area contributed by atoms with Gasteiger partial charge < -0.3 is 9.47 Å². The van der Waals surface area contributed by atoms with E-state index in [4.69, 9.17) is 9.47 Å². The zero-order chi connectivity index (χ0) is 19.8. The van der Waals surface area contributed by atoms with Gasteiger partial charge in [0.2, 0.25) is 10.0 Å². The Kier molecular flexibility index (Phi) is 7.68. The molecule has 0 bridgehead atoms. The third kappa shape index (κ3) is 5.97. The molecule has 0 fully saturated rings. The van der Waals surface area contributed by atoms with E-state index in [0.29, 0.717) is 25.5 Å². The van der Waals surface area contributed by atoms with Crippen LogP contribution in [0.25, 0.3) is 0 Å². The number of hydrogen-bond donors (Lipinski definition) is 1. The molecule has 0 aliphatic heterocycles. The van der Waals surface area contributed by atoms with E-state index in [-0.39, 0.29) is 0 Å². The maximum atomic E-state index is 12.5. The number of nitrogens with one attached hydrogen (secondary N) is 1. The lowest BCUT2D eigenvalue weighted by Crippen LogP contribution is -2.39. The molecule has 0 aliphatic carbocycles. The highest BCUT2D eigenvalue weighted by Crippen LogP contribution is 2.30. The number of ether oxygens (including phenoxy) is 2. The van der Waals surface area contributed by atoms with Crippen LogP contribution in [0.2, 0.25) is 0 Å². The predicted octanol–water partition coefficient (Wildman–Crippen LogP) is 4.10. The molecule has 2 aromatic rings.